The van der Waals surface area contributed by atoms with E-state index < -0.39 is 0 Å². The van der Waals surface area contributed by atoms with Crippen LogP contribution in [0.3, 0.4) is 0 Å². The fourth-order valence-electron chi connectivity index (χ4n) is 1.94. The normalized spacial score (nSPS) is 20.5. The van der Waals surface area contributed by atoms with Crippen LogP contribution < -0.4 is 10.6 Å². The van der Waals surface area contributed by atoms with Crippen molar-refractivity contribution in [1.29, 1.82) is 0 Å². The standard InChI is InChI=1S/C11H17N3O/c1-8-10(4-6-12-8)11(15)14-7-9-3-2-5-13-9/h4,6,9,12-13H,2-3,5,7H2,1H3,(H,14,15). The number of aryl methyl sites for hydroxylation is 1. The second kappa shape index (κ2) is 4.49. The summed E-state index contributed by atoms with van der Waals surface area (Å²) in [6.45, 7) is 3.70. The van der Waals surface area contributed by atoms with Crippen molar-refractivity contribution in [3.05, 3.63) is 23.5 Å². The largest absolute Gasteiger partial charge is 0.365 e. The van der Waals surface area contributed by atoms with Crippen LogP contribution in [-0.4, -0.2) is 30.0 Å². The average molecular weight is 207 g/mol. The molecular weight excluding hydrogens is 190 g/mol. The quantitative estimate of drug-likeness (QED) is 0.687. The predicted molar refractivity (Wildman–Crippen MR) is 58.9 cm³/mol. The van der Waals surface area contributed by atoms with Crippen LogP contribution >= 0.6 is 0 Å². The maximum Gasteiger partial charge on any atom is 0.253 e. The van der Waals surface area contributed by atoms with E-state index in [9.17, 15) is 4.79 Å². The highest BCUT2D eigenvalue weighted by Crippen LogP contribution is 2.06. The molecule has 0 aliphatic carbocycles. The van der Waals surface area contributed by atoms with E-state index in [4.69, 9.17) is 0 Å². The highest BCUT2D eigenvalue weighted by Gasteiger charge is 2.16. The average Bonchev–Trinajstić information content (AvgIpc) is 2.84. The summed E-state index contributed by atoms with van der Waals surface area (Å²) >= 11 is 0. The Morgan fingerprint density at radius 1 is 1.67 bits per heavy atom. The lowest BCUT2D eigenvalue weighted by molar-refractivity contribution is 0.0950. The molecule has 0 bridgehead atoms. The topological polar surface area (TPSA) is 56.9 Å². The minimum absolute atomic E-state index is 0.0162. The first-order valence-electron chi connectivity index (χ1n) is 5.43. The number of hydrogen-bond acceptors (Lipinski definition) is 2. The summed E-state index contributed by atoms with van der Waals surface area (Å²) in [4.78, 5) is 14.7. The molecule has 1 amide bonds. The number of H-pyrrole nitrogens is 1. The Hall–Kier alpha value is -1.29. The van der Waals surface area contributed by atoms with Gasteiger partial charge in [0, 0.05) is 24.5 Å². The number of aromatic amines is 1. The van der Waals surface area contributed by atoms with Crippen molar-refractivity contribution in [3.8, 4) is 0 Å². The number of nitrogens with one attached hydrogen (secondary N) is 3. The maximum absolute atomic E-state index is 11.7. The van der Waals surface area contributed by atoms with Gasteiger partial charge in [0.1, 0.15) is 0 Å². The summed E-state index contributed by atoms with van der Waals surface area (Å²) < 4.78 is 0. The van der Waals surface area contributed by atoms with Crippen LogP contribution in [0.25, 0.3) is 0 Å². The van der Waals surface area contributed by atoms with Crippen LogP contribution in [0.5, 0.6) is 0 Å². The molecular formula is C11H17N3O. The van der Waals surface area contributed by atoms with Crippen molar-refractivity contribution < 1.29 is 4.79 Å². The first-order valence-corrected chi connectivity index (χ1v) is 5.43. The Morgan fingerprint density at radius 2 is 2.53 bits per heavy atom. The molecule has 2 heterocycles. The third kappa shape index (κ3) is 2.39. The molecule has 0 aromatic carbocycles. The second-order valence-corrected chi connectivity index (χ2v) is 4.02. The van der Waals surface area contributed by atoms with Gasteiger partial charge in [0.2, 0.25) is 0 Å². The van der Waals surface area contributed by atoms with Gasteiger partial charge in [-0.1, -0.05) is 0 Å². The molecule has 1 aromatic heterocycles. The number of carbonyl (C=O) groups is 1. The molecule has 0 saturated carbocycles. The highest BCUT2D eigenvalue weighted by molar-refractivity contribution is 5.95. The van der Waals surface area contributed by atoms with E-state index in [1.54, 1.807) is 6.20 Å². The van der Waals surface area contributed by atoms with E-state index in [2.05, 4.69) is 15.6 Å². The van der Waals surface area contributed by atoms with Crippen molar-refractivity contribution in [2.45, 2.75) is 25.8 Å². The van der Waals surface area contributed by atoms with Crippen LogP contribution in [0.2, 0.25) is 0 Å². The molecule has 1 aliphatic rings. The van der Waals surface area contributed by atoms with E-state index in [-0.39, 0.29) is 5.91 Å². The molecule has 0 radical (unpaired) electrons. The first-order chi connectivity index (χ1) is 7.27. The molecule has 1 aliphatic heterocycles. The van der Waals surface area contributed by atoms with Crippen LogP contribution in [-0.2, 0) is 0 Å². The molecule has 1 unspecified atom stereocenters. The Balaban J connectivity index is 1.84. The molecule has 82 valence electrons. The number of rotatable bonds is 3. The zero-order valence-corrected chi connectivity index (χ0v) is 8.97. The zero-order valence-electron chi connectivity index (χ0n) is 8.97. The van der Waals surface area contributed by atoms with Gasteiger partial charge in [0.25, 0.3) is 5.91 Å². The van der Waals surface area contributed by atoms with E-state index in [0.717, 1.165) is 30.8 Å². The van der Waals surface area contributed by atoms with Gasteiger partial charge in [-0.25, -0.2) is 0 Å². The smallest absolute Gasteiger partial charge is 0.253 e. The molecule has 2 rings (SSSR count). The molecule has 1 atom stereocenters. The summed E-state index contributed by atoms with van der Waals surface area (Å²) in [5.41, 5.74) is 1.67. The summed E-state index contributed by atoms with van der Waals surface area (Å²) in [7, 11) is 0. The Kier molecular flexibility index (Phi) is 3.06. The van der Waals surface area contributed by atoms with Crippen molar-refractivity contribution in [1.82, 2.24) is 15.6 Å². The number of amides is 1. The molecule has 0 spiro atoms. The number of hydrogen-bond donors (Lipinski definition) is 3. The predicted octanol–water partition coefficient (Wildman–Crippen LogP) is 0.805. The van der Waals surface area contributed by atoms with Crippen molar-refractivity contribution in [3.63, 3.8) is 0 Å². The monoisotopic (exact) mass is 207 g/mol. The van der Waals surface area contributed by atoms with Gasteiger partial charge in [-0.2, -0.15) is 0 Å². The van der Waals surface area contributed by atoms with E-state index in [1.807, 2.05) is 13.0 Å². The van der Waals surface area contributed by atoms with Crippen molar-refractivity contribution in [2.24, 2.45) is 0 Å². The molecule has 3 N–H and O–H groups in total. The van der Waals surface area contributed by atoms with Gasteiger partial charge >= 0.3 is 0 Å². The maximum atomic E-state index is 11.7. The fraction of sp³-hybridized carbons (Fsp3) is 0.545. The molecule has 1 fully saturated rings. The van der Waals surface area contributed by atoms with Crippen molar-refractivity contribution in [2.75, 3.05) is 13.1 Å². The van der Waals surface area contributed by atoms with Gasteiger partial charge in [0.05, 0.1) is 5.56 Å². The van der Waals surface area contributed by atoms with Gasteiger partial charge in [-0.15, -0.1) is 0 Å². The van der Waals surface area contributed by atoms with E-state index >= 15 is 0 Å². The van der Waals surface area contributed by atoms with Gasteiger partial charge in [-0.3, -0.25) is 4.79 Å². The molecule has 4 heteroatoms. The van der Waals surface area contributed by atoms with Crippen LogP contribution in [0.1, 0.15) is 28.9 Å². The lowest BCUT2D eigenvalue weighted by Gasteiger charge is -2.11. The Labute approximate surface area is 89.5 Å². The first kappa shape index (κ1) is 10.2. The Morgan fingerprint density at radius 3 is 3.13 bits per heavy atom. The van der Waals surface area contributed by atoms with Gasteiger partial charge < -0.3 is 15.6 Å². The zero-order chi connectivity index (χ0) is 10.7. The van der Waals surface area contributed by atoms with E-state index in [0.29, 0.717) is 6.04 Å². The summed E-state index contributed by atoms with van der Waals surface area (Å²) in [5, 5.41) is 6.30. The van der Waals surface area contributed by atoms with Crippen LogP contribution in [0, 0.1) is 6.92 Å². The molecule has 1 saturated heterocycles. The van der Waals surface area contributed by atoms with Crippen LogP contribution in [0.15, 0.2) is 12.3 Å². The second-order valence-electron chi connectivity index (χ2n) is 4.02. The SMILES string of the molecule is Cc1[nH]ccc1C(=O)NCC1CCCN1. The lowest BCUT2D eigenvalue weighted by Crippen LogP contribution is -2.37. The molecule has 1 aromatic rings. The summed E-state index contributed by atoms with van der Waals surface area (Å²) in [5.74, 6) is 0.0162. The minimum atomic E-state index is 0.0162. The van der Waals surface area contributed by atoms with Gasteiger partial charge in [0.15, 0.2) is 0 Å². The lowest BCUT2D eigenvalue weighted by atomic mass is 10.2. The molecule has 15 heavy (non-hydrogen) atoms. The fourth-order valence-corrected chi connectivity index (χ4v) is 1.94. The van der Waals surface area contributed by atoms with E-state index in [1.165, 1.54) is 6.42 Å². The van der Waals surface area contributed by atoms with Crippen molar-refractivity contribution >= 4 is 5.91 Å². The number of aromatic nitrogens is 1. The third-order valence-electron chi connectivity index (χ3n) is 2.87. The number of carbonyl (C=O) groups excluding carboxylic acids is 1. The minimum Gasteiger partial charge on any atom is -0.365 e. The highest BCUT2D eigenvalue weighted by atomic mass is 16.1. The summed E-state index contributed by atoms with van der Waals surface area (Å²) in [6, 6.07) is 2.26. The Bertz CT molecular complexity index is 339. The van der Waals surface area contributed by atoms with Crippen LogP contribution in [0.4, 0.5) is 0 Å². The molecule has 4 nitrogen and oxygen atoms in total. The van der Waals surface area contributed by atoms with Gasteiger partial charge in [-0.05, 0) is 32.4 Å². The third-order valence-corrected chi connectivity index (χ3v) is 2.87. The summed E-state index contributed by atoms with van der Waals surface area (Å²) in [6.07, 6.45) is 4.16.